The van der Waals surface area contributed by atoms with Crippen LogP contribution in [0.2, 0.25) is 5.02 Å². The van der Waals surface area contributed by atoms with Crippen LogP contribution in [0.4, 0.5) is 5.69 Å². The Kier molecular flexibility index (Phi) is 9.05. The Morgan fingerprint density at radius 2 is 1.93 bits per heavy atom. The number of hydrogen-bond acceptors (Lipinski definition) is 7. The second-order valence-corrected chi connectivity index (χ2v) is 9.36. The monoisotopic (exact) mass is 461 g/mol. The molecule has 1 aliphatic rings. The summed E-state index contributed by atoms with van der Waals surface area (Å²) in [5.41, 5.74) is 0.191. The summed E-state index contributed by atoms with van der Waals surface area (Å²) in [5, 5.41) is 2.86. The molecule has 1 fully saturated rings. The molecule has 11 heteroatoms. The van der Waals surface area contributed by atoms with Crippen molar-refractivity contribution in [2.45, 2.75) is 31.7 Å². The topological polar surface area (TPSA) is 105 Å². The minimum atomic E-state index is -3.72. The van der Waals surface area contributed by atoms with Crippen LogP contribution in [0, 0.1) is 0 Å². The van der Waals surface area contributed by atoms with Gasteiger partial charge in [-0.3, -0.25) is 14.5 Å². The third kappa shape index (κ3) is 6.64. The van der Waals surface area contributed by atoms with Crippen LogP contribution in [0.5, 0.6) is 0 Å². The van der Waals surface area contributed by atoms with Gasteiger partial charge in [0.2, 0.25) is 15.9 Å². The summed E-state index contributed by atoms with van der Waals surface area (Å²) in [5.74, 6) is -0.841. The lowest BCUT2D eigenvalue weighted by molar-refractivity contribution is -0.145. The minimum absolute atomic E-state index is 0.0297. The smallest absolute Gasteiger partial charge is 0.320 e. The van der Waals surface area contributed by atoms with Gasteiger partial charge >= 0.3 is 5.97 Å². The number of nitrogens with one attached hydrogen (secondary N) is 1. The highest BCUT2D eigenvalue weighted by Crippen LogP contribution is 2.27. The van der Waals surface area contributed by atoms with Gasteiger partial charge in [0.25, 0.3) is 0 Å². The van der Waals surface area contributed by atoms with Gasteiger partial charge < -0.3 is 14.8 Å². The first-order valence-corrected chi connectivity index (χ1v) is 11.5. The number of carbonyl (C=O) groups excluding carboxylic acids is 2. The zero-order valence-corrected chi connectivity index (χ0v) is 19.0. The van der Waals surface area contributed by atoms with E-state index in [-0.39, 0.29) is 54.4 Å². The first kappa shape index (κ1) is 24.5. The fraction of sp³-hybridized carbons (Fsp3) is 0.579. The summed E-state index contributed by atoms with van der Waals surface area (Å²) in [7, 11) is -3.72. The van der Waals surface area contributed by atoms with E-state index in [0.717, 1.165) is 0 Å². The van der Waals surface area contributed by atoms with E-state index in [9.17, 15) is 18.0 Å². The van der Waals surface area contributed by atoms with Crippen molar-refractivity contribution in [2.75, 3.05) is 51.3 Å². The summed E-state index contributed by atoms with van der Waals surface area (Å²) in [6, 6.07) is 4.10. The Hall–Kier alpha value is -1.72. The van der Waals surface area contributed by atoms with Gasteiger partial charge in [-0.2, -0.15) is 4.31 Å². The van der Waals surface area contributed by atoms with Crippen LogP contribution in [-0.4, -0.2) is 81.5 Å². The Morgan fingerprint density at radius 3 is 2.53 bits per heavy atom. The molecule has 1 aromatic rings. The van der Waals surface area contributed by atoms with Crippen molar-refractivity contribution in [1.29, 1.82) is 0 Å². The highest BCUT2D eigenvalue weighted by atomic mass is 35.5. The molecule has 1 aromatic carbocycles. The average molecular weight is 462 g/mol. The zero-order valence-electron chi connectivity index (χ0n) is 17.4. The van der Waals surface area contributed by atoms with E-state index in [2.05, 4.69) is 5.32 Å². The summed E-state index contributed by atoms with van der Waals surface area (Å²) < 4.78 is 37.2. The molecule has 0 unspecified atom stereocenters. The molecule has 0 aromatic heterocycles. The van der Waals surface area contributed by atoms with Gasteiger partial charge in [0.05, 0.1) is 48.5 Å². The molecule has 0 atom stereocenters. The maximum Gasteiger partial charge on any atom is 0.320 e. The molecular weight excluding hydrogens is 434 g/mol. The third-order valence-corrected chi connectivity index (χ3v) is 6.76. The molecule has 0 bridgehead atoms. The number of nitrogens with zero attached hydrogens (tertiary/aromatic N) is 2. The molecule has 0 saturated carbocycles. The quantitative estimate of drug-likeness (QED) is 0.556. The summed E-state index contributed by atoms with van der Waals surface area (Å²) in [6.07, 6.45) is 0. The number of amides is 1. The molecular formula is C19H28ClN3O6S. The van der Waals surface area contributed by atoms with Crippen LogP contribution < -0.4 is 5.32 Å². The van der Waals surface area contributed by atoms with Crippen LogP contribution in [0.3, 0.4) is 0 Å². The van der Waals surface area contributed by atoms with Crippen molar-refractivity contribution >= 4 is 39.2 Å². The van der Waals surface area contributed by atoms with Crippen molar-refractivity contribution < 1.29 is 27.5 Å². The van der Waals surface area contributed by atoms with Gasteiger partial charge in [-0.15, -0.1) is 0 Å². The molecule has 30 heavy (non-hydrogen) atoms. The van der Waals surface area contributed by atoms with E-state index in [0.29, 0.717) is 13.2 Å². The van der Waals surface area contributed by atoms with E-state index in [1.54, 1.807) is 11.8 Å². The highest BCUT2D eigenvalue weighted by Gasteiger charge is 2.27. The van der Waals surface area contributed by atoms with E-state index in [4.69, 9.17) is 21.1 Å². The van der Waals surface area contributed by atoms with Gasteiger partial charge in [-0.1, -0.05) is 11.6 Å². The molecule has 1 saturated heterocycles. The number of benzene rings is 1. The van der Waals surface area contributed by atoms with Crippen LogP contribution >= 0.6 is 11.6 Å². The van der Waals surface area contributed by atoms with Gasteiger partial charge in [0, 0.05) is 19.1 Å². The Bertz CT molecular complexity index is 856. The van der Waals surface area contributed by atoms with Gasteiger partial charge in [-0.05, 0) is 39.0 Å². The van der Waals surface area contributed by atoms with Crippen molar-refractivity contribution in [1.82, 2.24) is 9.21 Å². The number of morpholine rings is 1. The second kappa shape index (κ2) is 11.1. The fourth-order valence-electron chi connectivity index (χ4n) is 2.86. The van der Waals surface area contributed by atoms with Crippen LogP contribution in [-0.2, 0) is 29.1 Å². The number of carbonyl (C=O) groups is 2. The summed E-state index contributed by atoms with van der Waals surface area (Å²) >= 11 is 6.17. The minimum Gasteiger partial charge on any atom is -0.465 e. The normalized spacial score (nSPS) is 15.4. The Labute approximate surface area is 182 Å². The summed E-state index contributed by atoms with van der Waals surface area (Å²) in [6.45, 7) is 6.79. The van der Waals surface area contributed by atoms with E-state index < -0.39 is 21.9 Å². The van der Waals surface area contributed by atoms with Crippen molar-refractivity contribution in [2.24, 2.45) is 0 Å². The molecule has 0 radical (unpaired) electrons. The summed E-state index contributed by atoms with van der Waals surface area (Å²) in [4.78, 5) is 26.0. The lowest BCUT2D eigenvalue weighted by atomic mass is 10.3. The fourth-order valence-corrected chi connectivity index (χ4v) is 4.46. The van der Waals surface area contributed by atoms with Crippen molar-refractivity contribution in [3.8, 4) is 0 Å². The zero-order chi connectivity index (χ0) is 22.3. The largest absolute Gasteiger partial charge is 0.465 e. The van der Waals surface area contributed by atoms with Crippen molar-refractivity contribution in [3.63, 3.8) is 0 Å². The SMILES string of the molecule is CCOC(=O)CN(CC(=O)Nc1cc(S(=O)(=O)N2CCOCC2)ccc1Cl)C(C)C. The first-order valence-electron chi connectivity index (χ1n) is 9.72. The maximum absolute atomic E-state index is 12.8. The molecule has 9 nitrogen and oxygen atoms in total. The molecule has 1 heterocycles. The molecule has 0 spiro atoms. The van der Waals surface area contributed by atoms with Gasteiger partial charge in [0.15, 0.2) is 0 Å². The number of sulfonamides is 1. The van der Waals surface area contributed by atoms with E-state index in [1.807, 2.05) is 13.8 Å². The number of esters is 1. The number of halogens is 1. The molecule has 1 aliphatic heterocycles. The lowest BCUT2D eigenvalue weighted by Crippen LogP contribution is -2.42. The van der Waals surface area contributed by atoms with Gasteiger partial charge in [-0.25, -0.2) is 8.42 Å². The van der Waals surface area contributed by atoms with Crippen LogP contribution in [0.25, 0.3) is 0 Å². The average Bonchev–Trinajstić information content (AvgIpc) is 2.69. The number of hydrogen-bond donors (Lipinski definition) is 1. The molecule has 2 rings (SSSR count). The predicted octanol–water partition coefficient (Wildman–Crippen LogP) is 1.57. The second-order valence-electron chi connectivity index (χ2n) is 7.01. The van der Waals surface area contributed by atoms with E-state index in [1.165, 1.54) is 22.5 Å². The highest BCUT2D eigenvalue weighted by molar-refractivity contribution is 7.89. The number of rotatable bonds is 9. The predicted molar refractivity (Wildman–Crippen MR) is 113 cm³/mol. The molecule has 1 N–H and O–H groups in total. The third-order valence-electron chi connectivity index (χ3n) is 4.53. The molecule has 168 valence electrons. The number of anilines is 1. The molecule has 1 amide bonds. The van der Waals surface area contributed by atoms with E-state index >= 15 is 0 Å². The van der Waals surface area contributed by atoms with Crippen molar-refractivity contribution in [3.05, 3.63) is 23.2 Å². The first-order chi connectivity index (χ1) is 14.1. The van der Waals surface area contributed by atoms with Crippen LogP contribution in [0.15, 0.2) is 23.1 Å². The van der Waals surface area contributed by atoms with Gasteiger partial charge in [0.1, 0.15) is 0 Å². The Balaban J connectivity index is 2.12. The molecule has 0 aliphatic carbocycles. The Morgan fingerprint density at radius 1 is 1.27 bits per heavy atom. The van der Waals surface area contributed by atoms with Crippen LogP contribution in [0.1, 0.15) is 20.8 Å². The maximum atomic E-state index is 12.8. The standard InChI is InChI=1S/C19H28ClN3O6S/c1-4-29-19(25)13-22(14(2)3)12-18(24)21-17-11-15(5-6-16(17)20)30(26,27)23-7-9-28-10-8-23/h5-6,11,14H,4,7-10,12-13H2,1-3H3,(H,21,24). The number of ether oxygens (including phenoxy) is 2. The lowest BCUT2D eigenvalue weighted by Gasteiger charge is -2.26.